The second-order valence-electron chi connectivity index (χ2n) is 6.66. The van der Waals surface area contributed by atoms with Crippen molar-refractivity contribution in [3.05, 3.63) is 102 Å². The Labute approximate surface area is 174 Å². The zero-order valence-electron chi connectivity index (χ0n) is 15.8. The Bertz CT molecular complexity index is 1290. The van der Waals surface area contributed by atoms with Gasteiger partial charge in [-0.1, -0.05) is 47.6 Å². The molecule has 1 aromatic heterocycles. The van der Waals surface area contributed by atoms with Crippen LogP contribution in [0.25, 0.3) is 22.8 Å². The van der Waals surface area contributed by atoms with Gasteiger partial charge < -0.3 is 4.52 Å². The average Bonchev–Trinajstić information content (AvgIpc) is 3.42. The number of aromatic nitrogens is 2. The van der Waals surface area contributed by atoms with Crippen molar-refractivity contribution in [2.45, 2.75) is 0 Å². The van der Waals surface area contributed by atoms with E-state index in [-0.39, 0.29) is 23.0 Å². The maximum atomic E-state index is 14.5. The smallest absolute Gasteiger partial charge is 0.277 e. The van der Waals surface area contributed by atoms with Gasteiger partial charge >= 0.3 is 0 Å². The van der Waals surface area contributed by atoms with Crippen molar-refractivity contribution in [1.82, 2.24) is 21.1 Å². The topological polar surface area (TPSA) is 66.2 Å². The zero-order chi connectivity index (χ0) is 21.4. The molecule has 0 aliphatic carbocycles. The van der Waals surface area contributed by atoms with Gasteiger partial charge in [-0.25, -0.2) is 13.2 Å². The molecule has 2 N–H and O–H groups in total. The first-order chi connectivity index (χ1) is 15.1. The number of halogens is 3. The quantitative estimate of drug-likeness (QED) is 0.506. The van der Waals surface area contributed by atoms with Gasteiger partial charge in [-0.3, -0.25) is 10.4 Å². The summed E-state index contributed by atoms with van der Waals surface area (Å²) < 4.78 is 47.2. The van der Waals surface area contributed by atoms with Gasteiger partial charge in [0.2, 0.25) is 5.82 Å². The molecule has 0 saturated carbocycles. The Morgan fingerprint density at radius 1 is 0.839 bits per heavy atom. The molecular formula is C22H14F3N5O. The van der Waals surface area contributed by atoms with Crippen LogP contribution in [0.3, 0.4) is 0 Å². The molecule has 5 rings (SSSR count). The highest BCUT2D eigenvalue weighted by molar-refractivity contribution is 5.96. The van der Waals surface area contributed by atoms with Crippen molar-refractivity contribution in [2.75, 3.05) is 5.01 Å². The highest BCUT2D eigenvalue weighted by atomic mass is 19.1. The molecule has 1 aliphatic heterocycles. The fourth-order valence-electron chi connectivity index (χ4n) is 3.28. The van der Waals surface area contributed by atoms with Crippen molar-refractivity contribution >= 4 is 17.1 Å². The van der Waals surface area contributed by atoms with E-state index in [4.69, 9.17) is 4.52 Å². The first-order valence-electron chi connectivity index (χ1n) is 9.27. The van der Waals surface area contributed by atoms with Gasteiger partial charge in [-0.05, 0) is 24.3 Å². The number of para-hydroxylation sites is 1. The van der Waals surface area contributed by atoms with Crippen molar-refractivity contribution in [3.8, 4) is 11.4 Å². The third-order valence-corrected chi connectivity index (χ3v) is 4.71. The minimum absolute atomic E-state index is 0.00447. The summed E-state index contributed by atoms with van der Waals surface area (Å²) in [6, 6.07) is 18.6. The summed E-state index contributed by atoms with van der Waals surface area (Å²) in [4.78, 5) is 4.26. The van der Waals surface area contributed by atoms with E-state index in [1.165, 1.54) is 17.1 Å². The highest BCUT2D eigenvalue weighted by Gasteiger charge is 2.31. The molecule has 154 valence electrons. The number of nitrogens with one attached hydrogen (secondary N) is 2. The van der Waals surface area contributed by atoms with Crippen molar-refractivity contribution in [2.24, 2.45) is 0 Å². The van der Waals surface area contributed by atoms with Crippen LogP contribution in [0.2, 0.25) is 0 Å². The minimum Gasteiger partial charge on any atom is -0.332 e. The molecule has 0 atom stereocenters. The molecular weight excluding hydrogens is 407 g/mol. The van der Waals surface area contributed by atoms with Gasteiger partial charge in [0.25, 0.3) is 5.89 Å². The maximum Gasteiger partial charge on any atom is 0.277 e. The van der Waals surface area contributed by atoms with E-state index in [0.717, 1.165) is 17.7 Å². The normalized spacial score (nSPS) is 13.6. The molecule has 3 aromatic carbocycles. The second-order valence-corrected chi connectivity index (χ2v) is 6.66. The Kier molecular flexibility index (Phi) is 4.64. The molecule has 4 aromatic rings. The number of nitrogens with zero attached hydrogens (tertiary/aromatic N) is 3. The van der Waals surface area contributed by atoms with E-state index in [2.05, 4.69) is 21.1 Å². The van der Waals surface area contributed by atoms with Crippen LogP contribution in [-0.4, -0.2) is 10.1 Å². The van der Waals surface area contributed by atoms with E-state index in [1.807, 2.05) is 30.3 Å². The van der Waals surface area contributed by atoms with Crippen LogP contribution < -0.4 is 16.0 Å². The number of rotatable bonds is 4. The number of hydrogen-bond acceptors (Lipinski definition) is 6. The molecule has 0 fully saturated rings. The molecule has 0 bridgehead atoms. The Morgan fingerprint density at radius 3 is 2.39 bits per heavy atom. The second kappa shape index (κ2) is 7.62. The van der Waals surface area contributed by atoms with Crippen molar-refractivity contribution in [1.29, 1.82) is 0 Å². The lowest BCUT2D eigenvalue weighted by atomic mass is 10.1. The molecule has 0 amide bonds. The largest absolute Gasteiger partial charge is 0.332 e. The third kappa shape index (κ3) is 3.40. The lowest BCUT2D eigenvalue weighted by Gasteiger charge is -2.21. The van der Waals surface area contributed by atoms with E-state index in [9.17, 15) is 13.2 Å². The fourth-order valence-corrected chi connectivity index (χ4v) is 3.28. The van der Waals surface area contributed by atoms with Crippen LogP contribution in [0.4, 0.5) is 18.9 Å². The molecule has 0 spiro atoms. The highest BCUT2D eigenvalue weighted by Crippen LogP contribution is 2.34. The van der Waals surface area contributed by atoms with Gasteiger partial charge in [0, 0.05) is 11.6 Å². The summed E-state index contributed by atoms with van der Waals surface area (Å²) in [6.07, 6.45) is 0. The van der Waals surface area contributed by atoms with Crippen LogP contribution in [0.1, 0.15) is 11.5 Å². The van der Waals surface area contributed by atoms with Crippen molar-refractivity contribution < 1.29 is 17.7 Å². The SMILES string of the molecule is Fc1ccc(-c2noc(C3=C(c4ccccc4)N(c4ccccc4F)NN3)n2)c(F)c1. The first kappa shape index (κ1) is 18.9. The minimum atomic E-state index is -0.810. The van der Waals surface area contributed by atoms with Gasteiger partial charge in [-0.2, -0.15) is 4.98 Å². The first-order valence-corrected chi connectivity index (χ1v) is 9.27. The molecule has 6 nitrogen and oxygen atoms in total. The molecule has 1 aliphatic rings. The summed E-state index contributed by atoms with van der Waals surface area (Å²) in [5.41, 5.74) is 7.73. The van der Waals surface area contributed by atoms with Crippen LogP contribution >= 0.6 is 0 Å². The maximum absolute atomic E-state index is 14.5. The van der Waals surface area contributed by atoms with Gasteiger partial charge in [0.15, 0.2) is 0 Å². The summed E-state index contributed by atoms with van der Waals surface area (Å²) in [5, 5.41) is 5.34. The number of benzene rings is 3. The van der Waals surface area contributed by atoms with Crippen LogP contribution in [0, 0.1) is 17.5 Å². The molecule has 0 unspecified atom stereocenters. The van der Waals surface area contributed by atoms with Crippen molar-refractivity contribution in [3.63, 3.8) is 0 Å². The fraction of sp³-hybridized carbons (Fsp3) is 0. The predicted molar refractivity (Wildman–Crippen MR) is 108 cm³/mol. The summed E-state index contributed by atoms with van der Waals surface area (Å²) in [7, 11) is 0. The predicted octanol–water partition coefficient (Wildman–Crippen LogP) is 4.51. The third-order valence-electron chi connectivity index (χ3n) is 4.71. The van der Waals surface area contributed by atoms with Crippen LogP contribution in [0.5, 0.6) is 0 Å². The molecule has 0 saturated heterocycles. The Balaban J connectivity index is 1.63. The van der Waals surface area contributed by atoms with E-state index >= 15 is 0 Å². The number of hydrazine groups is 2. The molecule has 0 radical (unpaired) electrons. The lowest BCUT2D eigenvalue weighted by molar-refractivity contribution is 0.404. The number of anilines is 1. The van der Waals surface area contributed by atoms with E-state index in [1.54, 1.807) is 18.2 Å². The van der Waals surface area contributed by atoms with Gasteiger partial charge in [-0.15, -0.1) is 5.53 Å². The van der Waals surface area contributed by atoms with Crippen LogP contribution in [-0.2, 0) is 0 Å². The van der Waals surface area contributed by atoms with Gasteiger partial charge in [0.1, 0.15) is 23.1 Å². The van der Waals surface area contributed by atoms with E-state index < -0.39 is 17.5 Å². The Morgan fingerprint density at radius 2 is 1.61 bits per heavy atom. The lowest BCUT2D eigenvalue weighted by Crippen LogP contribution is -2.38. The summed E-state index contributed by atoms with van der Waals surface area (Å²) in [5.74, 6) is -1.95. The Hall–Kier alpha value is -4.11. The van der Waals surface area contributed by atoms with Gasteiger partial charge in [0.05, 0.1) is 16.9 Å². The molecule has 9 heteroatoms. The zero-order valence-corrected chi connectivity index (χ0v) is 15.8. The summed E-state index contributed by atoms with van der Waals surface area (Å²) in [6.45, 7) is 0. The molecule has 31 heavy (non-hydrogen) atoms. The average molecular weight is 421 g/mol. The van der Waals surface area contributed by atoms with Crippen LogP contribution in [0.15, 0.2) is 77.3 Å². The van der Waals surface area contributed by atoms with E-state index in [0.29, 0.717) is 11.4 Å². The number of hydrogen-bond donors (Lipinski definition) is 2. The standard InChI is InChI=1S/C22H14F3N5O/c23-14-10-11-15(17(25)12-14)21-26-22(31-28-21)19-20(13-6-2-1-3-7-13)30(29-27-19)18-9-5-4-8-16(18)24/h1-12,27,29H. The molecule has 2 heterocycles. The monoisotopic (exact) mass is 421 g/mol. The summed E-state index contributed by atoms with van der Waals surface area (Å²) >= 11 is 0.